The van der Waals surface area contributed by atoms with Gasteiger partial charge in [0.25, 0.3) is 0 Å². The van der Waals surface area contributed by atoms with Crippen LogP contribution in [0.5, 0.6) is 5.75 Å². The van der Waals surface area contributed by atoms with E-state index < -0.39 is 11.4 Å². The number of methoxy groups -OCH3 is 1. The summed E-state index contributed by atoms with van der Waals surface area (Å²) in [5, 5.41) is 12.6. The van der Waals surface area contributed by atoms with Crippen LogP contribution in [0.2, 0.25) is 0 Å². The molecule has 1 aromatic carbocycles. The van der Waals surface area contributed by atoms with Gasteiger partial charge in [0, 0.05) is 33.6 Å². The lowest BCUT2D eigenvalue weighted by molar-refractivity contribution is -0.156. The number of rotatable bonds is 19. The number of carbonyl (C=O) groups excluding carboxylic acids is 1. The van der Waals surface area contributed by atoms with Gasteiger partial charge < -0.3 is 19.9 Å². The maximum Gasteiger partial charge on any atom is 0.310 e. The maximum atomic E-state index is 12.1. The largest absolute Gasteiger partial charge is 0.493 e. The Hall–Kier alpha value is -2.08. The molecule has 0 saturated carbocycles. The van der Waals surface area contributed by atoms with Gasteiger partial charge in [-0.3, -0.25) is 9.59 Å². The van der Waals surface area contributed by atoms with Crippen molar-refractivity contribution in [3.05, 3.63) is 29.3 Å². The molecule has 0 spiro atoms. The van der Waals surface area contributed by atoms with Gasteiger partial charge in [0.15, 0.2) is 0 Å². The highest BCUT2D eigenvalue weighted by Gasteiger charge is 2.43. The fourth-order valence-electron chi connectivity index (χ4n) is 4.99. The van der Waals surface area contributed by atoms with Crippen molar-refractivity contribution >= 4 is 11.9 Å². The number of aliphatic carboxylic acids is 1. The van der Waals surface area contributed by atoms with Crippen LogP contribution in [0, 0.1) is 17.3 Å². The highest BCUT2D eigenvalue weighted by molar-refractivity contribution is 5.75. The fraction of sp³-hybridized carbons (Fsp3) is 0.724. The van der Waals surface area contributed by atoms with Crippen molar-refractivity contribution in [2.75, 3.05) is 27.4 Å². The van der Waals surface area contributed by atoms with Gasteiger partial charge in [-0.25, -0.2) is 0 Å². The predicted molar refractivity (Wildman–Crippen MR) is 142 cm³/mol. The summed E-state index contributed by atoms with van der Waals surface area (Å²) in [6.45, 7) is 9.41. The minimum Gasteiger partial charge on any atom is -0.493 e. The van der Waals surface area contributed by atoms with Crippen LogP contribution >= 0.6 is 0 Å². The van der Waals surface area contributed by atoms with E-state index >= 15 is 0 Å². The monoisotopic (exact) mass is 491 g/mol. The number of nitrogens with one attached hydrogen (secondary N) is 1. The zero-order chi connectivity index (χ0) is 26.3. The lowest BCUT2D eigenvalue weighted by Gasteiger charge is -2.37. The number of carbonyl (C=O) groups is 2. The Bertz CT molecular complexity index is 751. The SMILES string of the molecule is CNC(=O)CCCc1ccc(CCCCCCC(C(=O)O)(C(C)C)C(C)C)cc1OCCCOC. The van der Waals surface area contributed by atoms with Crippen molar-refractivity contribution in [2.24, 2.45) is 17.3 Å². The summed E-state index contributed by atoms with van der Waals surface area (Å²) in [7, 11) is 3.36. The summed E-state index contributed by atoms with van der Waals surface area (Å²) in [6.07, 6.45) is 8.82. The van der Waals surface area contributed by atoms with E-state index in [1.54, 1.807) is 14.2 Å². The zero-order valence-electron chi connectivity index (χ0n) is 23.0. The average Bonchev–Trinajstić information content (AvgIpc) is 2.81. The van der Waals surface area contributed by atoms with Gasteiger partial charge >= 0.3 is 5.97 Å². The molecule has 6 heteroatoms. The first-order valence-electron chi connectivity index (χ1n) is 13.4. The quantitative estimate of drug-likeness (QED) is 0.230. The second-order valence-corrected chi connectivity index (χ2v) is 10.2. The van der Waals surface area contributed by atoms with Crippen molar-refractivity contribution in [3.63, 3.8) is 0 Å². The lowest BCUT2D eigenvalue weighted by atomic mass is 9.66. The number of amides is 1. The molecule has 0 aliphatic heterocycles. The van der Waals surface area contributed by atoms with Crippen LogP contribution in [0.4, 0.5) is 0 Å². The Morgan fingerprint density at radius 1 is 0.943 bits per heavy atom. The van der Waals surface area contributed by atoms with Crippen molar-refractivity contribution in [3.8, 4) is 5.75 Å². The molecule has 0 radical (unpaired) electrons. The summed E-state index contributed by atoms with van der Waals surface area (Å²) < 4.78 is 11.2. The third kappa shape index (κ3) is 10.2. The normalized spacial score (nSPS) is 11.8. The fourth-order valence-corrected chi connectivity index (χ4v) is 4.99. The topological polar surface area (TPSA) is 84.9 Å². The van der Waals surface area contributed by atoms with Gasteiger partial charge in [0.1, 0.15) is 5.75 Å². The molecular weight excluding hydrogens is 442 g/mol. The molecule has 200 valence electrons. The molecular formula is C29H49NO5. The van der Waals surface area contributed by atoms with E-state index in [-0.39, 0.29) is 17.7 Å². The standard InChI is InChI=1S/C29H49NO5/c1-22(2)29(23(3)4,28(32)33)18-10-8-7-9-13-24-16-17-25(14-11-15-27(31)30-5)26(21-24)35-20-12-19-34-6/h16-17,21-23H,7-15,18-20H2,1-6H3,(H,30,31)(H,32,33). The second-order valence-electron chi connectivity index (χ2n) is 10.2. The first kappa shape index (κ1) is 31.0. The first-order chi connectivity index (χ1) is 16.7. The minimum atomic E-state index is -0.657. The van der Waals surface area contributed by atoms with Crippen LogP contribution in [-0.2, 0) is 27.2 Å². The van der Waals surface area contributed by atoms with Gasteiger partial charge in [0.2, 0.25) is 5.91 Å². The average molecular weight is 492 g/mol. The van der Waals surface area contributed by atoms with Crippen molar-refractivity contribution in [1.82, 2.24) is 5.32 Å². The van der Waals surface area contributed by atoms with E-state index in [9.17, 15) is 14.7 Å². The summed E-state index contributed by atoms with van der Waals surface area (Å²) in [5.41, 5.74) is 1.76. The van der Waals surface area contributed by atoms with Gasteiger partial charge in [-0.1, -0.05) is 59.1 Å². The number of aryl methyl sites for hydroxylation is 2. The molecule has 0 aliphatic rings. The summed E-state index contributed by atoms with van der Waals surface area (Å²) in [6, 6.07) is 6.45. The number of benzene rings is 1. The number of hydrogen-bond acceptors (Lipinski definition) is 4. The van der Waals surface area contributed by atoms with Crippen LogP contribution in [0.15, 0.2) is 18.2 Å². The van der Waals surface area contributed by atoms with Crippen molar-refractivity contribution in [2.45, 2.75) is 91.9 Å². The third-order valence-electron chi connectivity index (χ3n) is 7.28. The lowest BCUT2D eigenvalue weighted by Crippen LogP contribution is -2.41. The number of carboxylic acids is 1. The molecule has 35 heavy (non-hydrogen) atoms. The van der Waals surface area contributed by atoms with E-state index in [0.29, 0.717) is 19.6 Å². The number of hydrogen-bond donors (Lipinski definition) is 2. The first-order valence-corrected chi connectivity index (χ1v) is 13.4. The maximum absolute atomic E-state index is 12.1. The van der Waals surface area contributed by atoms with E-state index in [2.05, 4.69) is 23.5 Å². The van der Waals surface area contributed by atoms with Crippen LogP contribution in [0.25, 0.3) is 0 Å². The van der Waals surface area contributed by atoms with Gasteiger partial charge in [0.05, 0.1) is 12.0 Å². The Morgan fingerprint density at radius 2 is 1.63 bits per heavy atom. The van der Waals surface area contributed by atoms with Crippen LogP contribution in [0.1, 0.15) is 90.2 Å². The Morgan fingerprint density at radius 3 is 2.23 bits per heavy atom. The van der Waals surface area contributed by atoms with Crippen molar-refractivity contribution in [1.29, 1.82) is 0 Å². The smallest absolute Gasteiger partial charge is 0.310 e. The van der Waals surface area contributed by atoms with E-state index in [0.717, 1.165) is 69.1 Å². The molecule has 1 amide bonds. The highest BCUT2D eigenvalue weighted by Crippen LogP contribution is 2.41. The molecule has 0 aromatic heterocycles. The van der Waals surface area contributed by atoms with Crippen LogP contribution in [-0.4, -0.2) is 44.4 Å². The predicted octanol–water partition coefficient (Wildman–Crippen LogP) is 6.05. The van der Waals surface area contributed by atoms with Crippen molar-refractivity contribution < 1.29 is 24.2 Å². The number of ether oxygens (including phenoxy) is 2. The summed E-state index contributed by atoms with van der Waals surface area (Å²) in [5.74, 6) is 0.562. The Labute approximate surface area is 213 Å². The van der Waals surface area contributed by atoms with Gasteiger partial charge in [-0.05, 0) is 61.1 Å². The highest BCUT2D eigenvalue weighted by atomic mass is 16.5. The number of carboxylic acid groups (broad SMARTS) is 1. The molecule has 0 atom stereocenters. The van der Waals surface area contributed by atoms with Crippen LogP contribution < -0.4 is 10.1 Å². The Kier molecular flexibility index (Phi) is 14.6. The van der Waals surface area contributed by atoms with E-state index in [1.807, 2.05) is 27.7 Å². The zero-order valence-corrected chi connectivity index (χ0v) is 23.0. The molecule has 0 heterocycles. The Balaban J connectivity index is 2.62. The molecule has 2 N–H and O–H groups in total. The minimum absolute atomic E-state index is 0.0616. The molecule has 1 rings (SSSR count). The number of unbranched alkanes of at least 4 members (excludes halogenated alkanes) is 3. The molecule has 0 unspecified atom stereocenters. The van der Waals surface area contributed by atoms with E-state index in [4.69, 9.17) is 9.47 Å². The molecule has 0 saturated heterocycles. The third-order valence-corrected chi connectivity index (χ3v) is 7.28. The molecule has 6 nitrogen and oxygen atoms in total. The molecule has 0 bridgehead atoms. The van der Waals surface area contributed by atoms with Gasteiger partial charge in [-0.15, -0.1) is 0 Å². The molecule has 0 aliphatic carbocycles. The summed E-state index contributed by atoms with van der Waals surface area (Å²) in [4.78, 5) is 23.6. The summed E-state index contributed by atoms with van der Waals surface area (Å²) >= 11 is 0. The van der Waals surface area contributed by atoms with Crippen LogP contribution in [0.3, 0.4) is 0 Å². The molecule has 0 fully saturated rings. The molecule has 1 aromatic rings. The second kappa shape index (κ2) is 16.6. The van der Waals surface area contributed by atoms with E-state index in [1.165, 1.54) is 5.56 Å². The van der Waals surface area contributed by atoms with Gasteiger partial charge in [-0.2, -0.15) is 0 Å².